The number of nitrogens with one attached hydrogen (secondary N) is 1. The molecule has 1 aromatic rings. The van der Waals surface area contributed by atoms with Gasteiger partial charge in [0.2, 0.25) is 0 Å². The molecule has 0 atom stereocenters. The van der Waals surface area contributed by atoms with E-state index in [1.54, 1.807) is 6.92 Å². The molecular formula is C11H13NO5. The Morgan fingerprint density at radius 1 is 1.47 bits per heavy atom. The molecule has 0 bridgehead atoms. The van der Waals surface area contributed by atoms with Crippen LogP contribution in [-0.4, -0.2) is 31.3 Å². The van der Waals surface area contributed by atoms with E-state index in [4.69, 9.17) is 9.15 Å². The molecule has 0 aliphatic heterocycles. The Morgan fingerprint density at radius 3 is 2.82 bits per heavy atom. The maximum absolute atomic E-state index is 11.4. The molecule has 0 fully saturated rings. The van der Waals surface area contributed by atoms with Crippen molar-refractivity contribution < 1.29 is 23.5 Å². The first-order valence-corrected chi connectivity index (χ1v) is 5.16. The predicted molar refractivity (Wildman–Crippen MR) is 57.7 cm³/mol. The number of aldehydes is 1. The van der Waals surface area contributed by atoms with Crippen molar-refractivity contribution in [3.63, 3.8) is 0 Å². The number of amides is 1. The zero-order valence-electron chi connectivity index (χ0n) is 9.39. The first-order chi connectivity index (χ1) is 8.17. The Balaban J connectivity index is 2.34. The van der Waals surface area contributed by atoms with Crippen LogP contribution in [0.3, 0.4) is 0 Å². The van der Waals surface area contributed by atoms with E-state index < -0.39 is 5.91 Å². The number of hydrogen-bond acceptors (Lipinski definition) is 5. The van der Waals surface area contributed by atoms with Crippen LogP contribution in [0, 0.1) is 0 Å². The summed E-state index contributed by atoms with van der Waals surface area (Å²) in [7, 11) is 0. The molecular weight excluding hydrogens is 226 g/mol. The average Bonchev–Trinajstić information content (AvgIpc) is 2.77. The summed E-state index contributed by atoms with van der Waals surface area (Å²) in [6.07, 6.45) is 0.607. The van der Waals surface area contributed by atoms with Crippen molar-refractivity contribution in [2.24, 2.45) is 0 Å². The minimum absolute atomic E-state index is 0.0379. The maximum Gasteiger partial charge on any atom is 0.307 e. The molecule has 0 aliphatic rings. The minimum atomic E-state index is -0.470. The molecule has 0 saturated carbocycles. The molecule has 0 radical (unpaired) electrons. The Kier molecular flexibility index (Phi) is 4.93. The number of esters is 1. The van der Waals surface area contributed by atoms with Crippen molar-refractivity contribution in [1.29, 1.82) is 0 Å². The molecule has 6 heteroatoms. The summed E-state index contributed by atoms with van der Waals surface area (Å²) in [5, 5.41) is 2.48. The fourth-order valence-corrected chi connectivity index (χ4v) is 1.14. The van der Waals surface area contributed by atoms with Crippen LogP contribution in [0.15, 0.2) is 16.5 Å². The van der Waals surface area contributed by atoms with Gasteiger partial charge in [-0.3, -0.25) is 14.4 Å². The van der Waals surface area contributed by atoms with Crippen LogP contribution in [0.5, 0.6) is 0 Å². The lowest BCUT2D eigenvalue weighted by molar-refractivity contribution is -0.142. The summed E-state index contributed by atoms with van der Waals surface area (Å²) in [6.45, 7) is 2.18. The van der Waals surface area contributed by atoms with Gasteiger partial charge in [0.15, 0.2) is 17.8 Å². The lowest BCUT2D eigenvalue weighted by Gasteiger charge is -2.02. The number of carbonyl (C=O) groups excluding carboxylic acids is 3. The van der Waals surface area contributed by atoms with Gasteiger partial charge in [0.05, 0.1) is 13.0 Å². The number of carbonyl (C=O) groups is 3. The summed E-state index contributed by atoms with van der Waals surface area (Å²) in [4.78, 5) is 32.7. The summed E-state index contributed by atoms with van der Waals surface area (Å²) in [5.74, 6) is -0.722. The van der Waals surface area contributed by atoms with Gasteiger partial charge in [0, 0.05) is 6.54 Å². The molecule has 6 nitrogen and oxygen atoms in total. The smallest absolute Gasteiger partial charge is 0.307 e. The first-order valence-electron chi connectivity index (χ1n) is 5.16. The molecule has 1 heterocycles. The van der Waals surface area contributed by atoms with Gasteiger partial charge in [-0.05, 0) is 19.1 Å². The average molecular weight is 239 g/mol. The van der Waals surface area contributed by atoms with E-state index in [1.165, 1.54) is 12.1 Å². The molecule has 1 rings (SSSR count). The molecule has 92 valence electrons. The number of ether oxygens (including phenoxy) is 1. The number of hydrogen-bond donors (Lipinski definition) is 1. The zero-order valence-corrected chi connectivity index (χ0v) is 9.39. The van der Waals surface area contributed by atoms with Gasteiger partial charge in [0.25, 0.3) is 5.91 Å². The lowest BCUT2D eigenvalue weighted by atomic mass is 10.4. The normalized spacial score (nSPS) is 9.71. The highest BCUT2D eigenvalue weighted by Gasteiger charge is 2.11. The zero-order chi connectivity index (χ0) is 12.7. The molecule has 0 aromatic carbocycles. The Bertz CT molecular complexity index is 410. The van der Waals surface area contributed by atoms with Crippen LogP contribution < -0.4 is 5.32 Å². The summed E-state index contributed by atoms with van der Waals surface area (Å²) in [5.41, 5.74) is 0. The molecule has 1 N–H and O–H groups in total. The molecule has 0 spiro atoms. The SMILES string of the molecule is CCOC(=O)CCNC(=O)c1ccc(C=O)o1. The first kappa shape index (κ1) is 13.0. The van der Waals surface area contributed by atoms with E-state index in [2.05, 4.69) is 5.32 Å². The van der Waals surface area contributed by atoms with E-state index in [-0.39, 0.29) is 30.5 Å². The van der Waals surface area contributed by atoms with Gasteiger partial charge in [-0.25, -0.2) is 0 Å². The van der Waals surface area contributed by atoms with Gasteiger partial charge in [-0.1, -0.05) is 0 Å². The fourth-order valence-electron chi connectivity index (χ4n) is 1.14. The van der Waals surface area contributed by atoms with Crippen LogP contribution in [0.4, 0.5) is 0 Å². The van der Waals surface area contributed by atoms with Gasteiger partial charge in [0.1, 0.15) is 0 Å². The lowest BCUT2D eigenvalue weighted by Crippen LogP contribution is -2.26. The van der Waals surface area contributed by atoms with Gasteiger partial charge < -0.3 is 14.5 Å². The van der Waals surface area contributed by atoms with Gasteiger partial charge in [-0.2, -0.15) is 0 Å². The third-order valence-corrected chi connectivity index (χ3v) is 1.89. The van der Waals surface area contributed by atoms with Crippen LogP contribution in [0.25, 0.3) is 0 Å². The highest BCUT2D eigenvalue weighted by atomic mass is 16.5. The van der Waals surface area contributed by atoms with Crippen molar-refractivity contribution >= 4 is 18.2 Å². The quantitative estimate of drug-likeness (QED) is 0.585. The second-order valence-electron chi connectivity index (χ2n) is 3.13. The second-order valence-corrected chi connectivity index (χ2v) is 3.13. The van der Waals surface area contributed by atoms with Gasteiger partial charge in [-0.15, -0.1) is 0 Å². The maximum atomic E-state index is 11.4. The minimum Gasteiger partial charge on any atom is -0.466 e. The van der Waals surface area contributed by atoms with E-state index in [1.807, 2.05) is 0 Å². The van der Waals surface area contributed by atoms with Crippen LogP contribution >= 0.6 is 0 Å². The summed E-state index contributed by atoms with van der Waals surface area (Å²) in [6, 6.07) is 2.79. The van der Waals surface area contributed by atoms with E-state index >= 15 is 0 Å². The summed E-state index contributed by atoms with van der Waals surface area (Å²) < 4.78 is 9.59. The largest absolute Gasteiger partial charge is 0.466 e. The number of rotatable bonds is 6. The van der Waals surface area contributed by atoms with E-state index in [0.717, 1.165) is 0 Å². The standard InChI is InChI=1S/C11H13NO5/c1-2-16-10(14)5-6-12-11(15)9-4-3-8(7-13)17-9/h3-4,7H,2,5-6H2,1H3,(H,12,15). The third-order valence-electron chi connectivity index (χ3n) is 1.89. The van der Waals surface area contributed by atoms with Crippen LogP contribution in [0.1, 0.15) is 34.5 Å². The van der Waals surface area contributed by atoms with Crippen molar-refractivity contribution in [3.05, 3.63) is 23.7 Å². The Morgan fingerprint density at radius 2 is 2.24 bits per heavy atom. The molecule has 0 unspecified atom stereocenters. The fraction of sp³-hybridized carbons (Fsp3) is 0.364. The summed E-state index contributed by atoms with van der Waals surface area (Å²) >= 11 is 0. The number of furan rings is 1. The second kappa shape index (κ2) is 6.47. The van der Waals surface area contributed by atoms with Crippen LogP contribution in [0.2, 0.25) is 0 Å². The highest BCUT2D eigenvalue weighted by molar-refractivity contribution is 5.92. The topological polar surface area (TPSA) is 85.6 Å². The molecule has 1 aromatic heterocycles. The third kappa shape index (κ3) is 4.10. The molecule has 17 heavy (non-hydrogen) atoms. The Hall–Kier alpha value is -2.11. The molecule has 0 saturated heterocycles. The van der Waals surface area contributed by atoms with Crippen LogP contribution in [-0.2, 0) is 9.53 Å². The van der Waals surface area contributed by atoms with Crippen molar-refractivity contribution in [2.75, 3.05) is 13.2 Å². The van der Waals surface area contributed by atoms with Crippen molar-refractivity contribution in [1.82, 2.24) is 5.32 Å². The highest BCUT2D eigenvalue weighted by Crippen LogP contribution is 2.05. The molecule has 0 aliphatic carbocycles. The van der Waals surface area contributed by atoms with E-state index in [9.17, 15) is 14.4 Å². The molecule has 1 amide bonds. The Labute approximate surface area is 97.9 Å². The van der Waals surface area contributed by atoms with Crippen molar-refractivity contribution in [3.8, 4) is 0 Å². The monoisotopic (exact) mass is 239 g/mol. The predicted octanol–water partition coefficient (Wildman–Crippen LogP) is 0.775. The van der Waals surface area contributed by atoms with Gasteiger partial charge >= 0.3 is 5.97 Å². The van der Waals surface area contributed by atoms with E-state index in [0.29, 0.717) is 12.9 Å². The van der Waals surface area contributed by atoms with Crippen molar-refractivity contribution in [2.45, 2.75) is 13.3 Å².